The van der Waals surface area contributed by atoms with Gasteiger partial charge in [0.05, 0.1) is 5.52 Å². The number of benzene rings is 1. The maximum Gasteiger partial charge on any atom is 0.168 e. The van der Waals surface area contributed by atoms with Gasteiger partial charge in [0.25, 0.3) is 0 Å². The third-order valence-corrected chi connectivity index (χ3v) is 2.10. The molecule has 0 aliphatic carbocycles. The molecule has 0 radical (unpaired) electrons. The van der Waals surface area contributed by atoms with E-state index >= 15 is 0 Å². The number of carbonyl (C=O) groups excluding carboxylic acids is 1. The van der Waals surface area contributed by atoms with Crippen molar-refractivity contribution in [3.63, 3.8) is 0 Å². The molecule has 0 saturated heterocycles. The van der Waals surface area contributed by atoms with E-state index in [9.17, 15) is 4.79 Å². The van der Waals surface area contributed by atoms with E-state index in [-0.39, 0.29) is 0 Å². The normalized spacial score (nSPS) is 10.5. The molecule has 0 amide bonds. The Morgan fingerprint density at radius 3 is 2.92 bits per heavy atom. The van der Waals surface area contributed by atoms with Crippen LogP contribution in [0.3, 0.4) is 0 Å². The van der Waals surface area contributed by atoms with Crippen LogP contribution in [0.2, 0.25) is 0 Å². The summed E-state index contributed by atoms with van der Waals surface area (Å²) in [7, 11) is 0. The largest absolute Gasteiger partial charge is 0.296 e. The van der Waals surface area contributed by atoms with E-state index in [0.717, 1.165) is 23.7 Å². The van der Waals surface area contributed by atoms with Crippen LogP contribution in [-0.2, 0) is 6.54 Å². The minimum atomic E-state index is 0.665. The van der Waals surface area contributed by atoms with Crippen LogP contribution < -0.4 is 0 Å². The Morgan fingerprint density at radius 2 is 2.23 bits per heavy atom. The fourth-order valence-corrected chi connectivity index (χ4v) is 1.47. The fraction of sp³-hybridized carbons (Fsp3) is 0.200. The zero-order valence-corrected chi connectivity index (χ0v) is 7.40. The van der Waals surface area contributed by atoms with Crippen LogP contribution in [0.1, 0.15) is 17.4 Å². The number of aromatic nitrogens is 2. The van der Waals surface area contributed by atoms with E-state index in [1.807, 2.05) is 31.2 Å². The first kappa shape index (κ1) is 7.98. The van der Waals surface area contributed by atoms with Crippen molar-refractivity contribution in [3.05, 3.63) is 30.0 Å². The highest BCUT2D eigenvalue weighted by molar-refractivity contribution is 5.95. The predicted molar refractivity (Wildman–Crippen MR) is 50.8 cm³/mol. The number of hydrogen-bond acceptors (Lipinski definition) is 2. The summed E-state index contributed by atoms with van der Waals surface area (Å²) in [6.07, 6.45) is 0.860. The average Bonchev–Trinajstić information content (AvgIpc) is 2.55. The van der Waals surface area contributed by atoms with Gasteiger partial charge in [-0.05, 0) is 13.0 Å². The molecular formula is C10H10N2O. The summed E-state index contributed by atoms with van der Waals surface area (Å²) < 4.78 is 1.72. The van der Waals surface area contributed by atoms with E-state index in [4.69, 9.17) is 0 Å². The minimum absolute atomic E-state index is 0.665. The van der Waals surface area contributed by atoms with Gasteiger partial charge in [-0.2, -0.15) is 5.10 Å². The van der Waals surface area contributed by atoms with Gasteiger partial charge in [-0.1, -0.05) is 18.2 Å². The molecule has 3 nitrogen and oxygen atoms in total. The van der Waals surface area contributed by atoms with Crippen LogP contribution in [0.25, 0.3) is 10.9 Å². The Labute approximate surface area is 76.0 Å². The van der Waals surface area contributed by atoms with Crippen molar-refractivity contribution in [2.45, 2.75) is 13.5 Å². The Balaban J connectivity index is 2.81. The molecule has 13 heavy (non-hydrogen) atoms. The van der Waals surface area contributed by atoms with Crippen molar-refractivity contribution >= 4 is 17.2 Å². The number of fused-ring (bicyclic) bond motifs is 1. The lowest BCUT2D eigenvalue weighted by Gasteiger charge is -1.95. The third kappa shape index (κ3) is 1.13. The average molecular weight is 174 g/mol. The van der Waals surface area contributed by atoms with Crippen LogP contribution in [0.4, 0.5) is 0 Å². The summed E-state index contributed by atoms with van der Waals surface area (Å²) in [4.78, 5) is 10.8. The SMILES string of the molecule is CCn1nc2ccccc2c1C=O. The Morgan fingerprint density at radius 1 is 1.46 bits per heavy atom. The first-order chi connectivity index (χ1) is 6.36. The second kappa shape index (κ2) is 3.01. The van der Waals surface area contributed by atoms with Crippen LogP contribution in [0.15, 0.2) is 24.3 Å². The molecule has 0 spiro atoms. The molecule has 66 valence electrons. The van der Waals surface area contributed by atoms with Gasteiger partial charge in [0.1, 0.15) is 5.69 Å². The molecule has 0 atom stereocenters. The second-order valence-corrected chi connectivity index (χ2v) is 2.84. The molecule has 1 aromatic heterocycles. The molecule has 0 aliphatic heterocycles. The second-order valence-electron chi connectivity index (χ2n) is 2.84. The Kier molecular flexibility index (Phi) is 1.85. The van der Waals surface area contributed by atoms with Gasteiger partial charge in [0.2, 0.25) is 0 Å². The van der Waals surface area contributed by atoms with Gasteiger partial charge >= 0.3 is 0 Å². The molecule has 0 saturated carbocycles. The topological polar surface area (TPSA) is 34.9 Å². The van der Waals surface area contributed by atoms with E-state index in [0.29, 0.717) is 5.69 Å². The molecule has 3 heteroatoms. The van der Waals surface area contributed by atoms with E-state index < -0.39 is 0 Å². The van der Waals surface area contributed by atoms with Crippen molar-refractivity contribution in [1.29, 1.82) is 0 Å². The first-order valence-electron chi connectivity index (χ1n) is 4.27. The lowest BCUT2D eigenvalue weighted by Crippen LogP contribution is -2.00. The van der Waals surface area contributed by atoms with Gasteiger partial charge in [-0.25, -0.2) is 0 Å². The maximum absolute atomic E-state index is 10.8. The van der Waals surface area contributed by atoms with Crippen molar-refractivity contribution in [3.8, 4) is 0 Å². The summed E-state index contributed by atoms with van der Waals surface area (Å²) >= 11 is 0. The van der Waals surface area contributed by atoms with Gasteiger partial charge in [0.15, 0.2) is 6.29 Å². The minimum Gasteiger partial charge on any atom is -0.296 e. The summed E-state index contributed by atoms with van der Waals surface area (Å²) in [5.74, 6) is 0. The smallest absolute Gasteiger partial charge is 0.168 e. The molecular weight excluding hydrogens is 164 g/mol. The van der Waals surface area contributed by atoms with Crippen molar-refractivity contribution in [2.75, 3.05) is 0 Å². The number of rotatable bonds is 2. The zero-order valence-electron chi connectivity index (χ0n) is 7.40. The van der Waals surface area contributed by atoms with Crippen LogP contribution >= 0.6 is 0 Å². The quantitative estimate of drug-likeness (QED) is 0.651. The molecule has 0 N–H and O–H groups in total. The molecule has 0 bridgehead atoms. The monoisotopic (exact) mass is 174 g/mol. The van der Waals surface area contributed by atoms with Gasteiger partial charge < -0.3 is 0 Å². The molecule has 0 aliphatic rings. The molecule has 1 aromatic carbocycles. The Bertz CT molecular complexity index is 445. The lowest BCUT2D eigenvalue weighted by atomic mass is 10.2. The molecule has 2 rings (SSSR count). The van der Waals surface area contributed by atoms with Crippen LogP contribution in [-0.4, -0.2) is 16.1 Å². The van der Waals surface area contributed by atoms with Gasteiger partial charge in [-0.15, -0.1) is 0 Å². The van der Waals surface area contributed by atoms with E-state index in [1.54, 1.807) is 4.68 Å². The number of aryl methyl sites for hydroxylation is 1. The molecule has 0 fully saturated rings. The highest BCUT2D eigenvalue weighted by atomic mass is 16.1. The summed E-state index contributed by atoms with van der Waals surface area (Å²) in [6, 6.07) is 7.66. The summed E-state index contributed by atoms with van der Waals surface area (Å²) in [5, 5.41) is 5.22. The van der Waals surface area contributed by atoms with Crippen LogP contribution in [0, 0.1) is 0 Å². The summed E-state index contributed by atoms with van der Waals surface area (Å²) in [5.41, 5.74) is 1.55. The van der Waals surface area contributed by atoms with Crippen molar-refractivity contribution in [1.82, 2.24) is 9.78 Å². The van der Waals surface area contributed by atoms with Crippen molar-refractivity contribution < 1.29 is 4.79 Å². The zero-order chi connectivity index (χ0) is 9.26. The summed E-state index contributed by atoms with van der Waals surface area (Å²) in [6.45, 7) is 2.70. The van der Waals surface area contributed by atoms with E-state index in [2.05, 4.69) is 5.10 Å². The van der Waals surface area contributed by atoms with Crippen LogP contribution in [0.5, 0.6) is 0 Å². The molecule has 2 aromatic rings. The maximum atomic E-state index is 10.8. The first-order valence-corrected chi connectivity index (χ1v) is 4.27. The number of aldehydes is 1. The fourth-order valence-electron chi connectivity index (χ4n) is 1.47. The van der Waals surface area contributed by atoms with Gasteiger partial charge in [-0.3, -0.25) is 9.48 Å². The molecule has 1 heterocycles. The molecule has 0 unspecified atom stereocenters. The Hall–Kier alpha value is -1.64. The highest BCUT2D eigenvalue weighted by Crippen LogP contribution is 2.15. The third-order valence-electron chi connectivity index (χ3n) is 2.10. The lowest BCUT2D eigenvalue weighted by molar-refractivity contribution is 0.111. The highest BCUT2D eigenvalue weighted by Gasteiger charge is 2.07. The number of hydrogen-bond donors (Lipinski definition) is 0. The standard InChI is InChI=1S/C10H10N2O/c1-2-12-10(7-13)8-5-3-4-6-9(8)11-12/h3-7H,2H2,1H3. The van der Waals surface area contributed by atoms with Gasteiger partial charge in [0, 0.05) is 11.9 Å². The number of nitrogens with zero attached hydrogens (tertiary/aromatic N) is 2. The predicted octanol–water partition coefficient (Wildman–Crippen LogP) is 1.87. The number of carbonyl (C=O) groups is 1. The van der Waals surface area contributed by atoms with Crippen molar-refractivity contribution in [2.24, 2.45) is 0 Å². The van der Waals surface area contributed by atoms with E-state index in [1.165, 1.54) is 0 Å².